The van der Waals surface area contributed by atoms with Crippen molar-refractivity contribution >= 4 is 27.6 Å². The molecular weight excluding hydrogens is 368 g/mol. The van der Waals surface area contributed by atoms with Crippen LogP contribution < -0.4 is 5.32 Å². The lowest BCUT2D eigenvalue weighted by Crippen LogP contribution is -2.32. The van der Waals surface area contributed by atoms with Crippen molar-refractivity contribution in [2.45, 2.75) is 13.0 Å². The number of amides is 1. The van der Waals surface area contributed by atoms with Crippen molar-refractivity contribution in [2.75, 3.05) is 25.2 Å². The summed E-state index contributed by atoms with van der Waals surface area (Å²) in [6.45, 7) is 0.214. The summed E-state index contributed by atoms with van der Waals surface area (Å²) in [6.07, 6.45) is 1.07. The lowest BCUT2D eigenvalue weighted by atomic mass is 10.1. The molecule has 0 unspecified atom stereocenters. The molecule has 8 heteroatoms. The number of nitrogens with one attached hydrogen (secondary N) is 1. The second-order valence-corrected chi connectivity index (χ2v) is 7.90. The quantitative estimate of drug-likeness (QED) is 0.698. The Morgan fingerprint density at radius 3 is 2.30 bits per heavy atom. The lowest BCUT2D eigenvalue weighted by molar-refractivity contribution is -0.116. The van der Waals surface area contributed by atoms with Crippen LogP contribution in [-0.2, 0) is 26.1 Å². The van der Waals surface area contributed by atoms with Gasteiger partial charge < -0.3 is 10.1 Å². The molecule has 27 heavy (non-hydrogen) atoms. The molecule has 0 aromatic heterocycles. The number of hydrogen-bond acceptors (Lipinski definition) is 5. The largest absolute Gasteiger partial charge is 0.465 e. The molecule has 2 aromatic carbocycles. The van der Waals surface area contributed by atoms with Crippen molar-refractivity contribution in [3.8, 4) is 0 Å². The van der Waals surface area contributed by atoms with Crippen LogP contribution in [0.15, 0.2) is 54.6 Å². The summed E-state index contributed by atoms with van der Waals surface area (Å²) in [5.41, 5.74) is 1.39. The Kier molecular flexibility index (Phi) is 7.09. The predicted octanol–water partition coefficient (Wildman–Crippen LogP) is 2.26. The molecule has 0 fully saturated rings. The smallest absolute Gasteiger partial charge is 0.339 e. The summed E-state index contributed by atoms with van der Waals surface area (Å²) < 4.78 is 30.0. The highest BCUT2D eigenvalue weighted by Crippen LogP contribution is 2.16. The van der Waals surface area contributed by atoms with Crippen LogP contribution in [0.1, 0.15) is 22.3 Å². The first-order chi connectivity index (χ1) is 12.8. The second-order valence-electron chi connectivity index (χ2n) is 5.92. The maximum Gasteiger partial charge on any atom is 0.339 e. The number of ether oxygens (including phenoxy) is 1. The van der Waals surface area contributed by atoms with Gasteiger partial charge in [-0.2, -0.15) is 4.31 Å². The van der Waals surface area contributed by atoms with E-state index in [1.807, 2.05) is 30.3 Å². The fourth-order valence-electron chi connectivity index (χ4n) is 2.47. The SMILES string of the molecule is COC(=O)c1ccccc1NC(=O)CCN(Cc1ccccc1)S(C)(=O)=O. The molecule has 1 amide bonds. The monoisotopic (exact) mass is 390 g/mol. The Bertz CT molecular complexity index is 897. The third kappa shape index (κ3) is 6.19. The van der Waals surface area contributed by atoms with Crippen molar-refractivity contribution in [3.63, 3.8) is 0 Å². The van der Waals surface area contributed by atoms with E-state index in [0.717, 1.165) is 11.8 Å². The fraction of sp³-hybridized carbons (Fsp3) is 0.263. The number of nitrogens with zero attached hydrogens (tertiary/aromatic N) is 1. The lowest BCUT2D eigenvalue weighted by Gasteiger charge is -2.20. The number of hydrogen-bond donors (Lipinski definition) is 1. The Balaban J connectivity index is 2.03. The average Bonchev–Trinajstić information content (AvgIpc) is 2.65. The molecule has 0 saturated carbocycles. The van der Waals surface area contributed by atoms with Gasteiger partial charge in [0.15, 0.2) is 0 Å². The zero-order chi connectivity index (χ0) is 19.9. The standard InChI is InChI=1S/C19H22N2O5S/c1-26-19(23)16-10-6-7-11-17(16)20-18(22)12-13-21(27(2,24)25)14-15-8-4-3-5-9-15/h3-11H,12-14H2,1-2H3,(H,20,22). The van der Waals surface area contributed by atoms with Gasteiger partial charge in [-0.3, -0.25) is 4.79 Å². The highest BCUT2D eigenvalue weighted by molar-refractivity contribution is 7.88. The van der Waals surface area contributed by atoms with Crippen LogP contribution in [0.25, 0.3) is 0 Å². The van der Waals surface area contributed by atoms with Crippen LogP contribution in [0.2, 0.25) is 0 Å². The molecule has 0 saturated heterocycles. The third-order valence-electron chi connectivity index (χ3n) is 3.87. The summed E-state index contributed by atoms with van der Waals surface area (Å²) in [5.74, 6) is -0.958. The number of anilines is 1. The van der Waals surface area contributed by atoms with Crippen LogP contribution in [0, 0.1) is 0 Å². The molecule has 2 rings (SSSR count). The Morgan fingerprint density at radius 2 is 1.67 bits per heavy atom. The van der Waals surface area contributed by atoms with Crippen molar-refractivity contribution in [1.29, 1.82) is 0 Å². The summed E-state index contributed by atoms with van der Waals surface area (Å²) in [7, 11) is -2.22. The van der Waals surface area contributed by atoms with Gasteiger partial charge in [0.2, 0.25) is 15.9 Å². The highest BCUT2D eigenvalue weighted by atomic mass is 32.2. The third-order valence-corrected chi connectivity index (χ3v) is 5.12. The fourth-order valence-corrected chi connectivity index (χ4v) is 3.27. The number of rotatable bonds is 8. The van der Waals surface area contributed by atoms with E-state index < -0.39 is 21.9 Å². The van der Waals surface area contributed by atoms with Crippen LogP contribution in [0.3, 0.4) is 0 Å². The zero-order valence-electron chi connectivity index (χ0n) is 15.2. The number of esters is 1. The van der Waals surface area contributed by atoms with Crippen molar-refractivity contribution < 1.29 is 22.7 Å². The summed E-state index contributed by atoms with van der Waals surface area (Å²) in [4.78, 5) is 24.0. The van der Waals surface area contributed by atoms with Gasteiger partial charge >= 0.3 is 5.97 Å². The first-order valence-corrected chi connectivity index (χ1v) is 10.1. The van der Waals surface area contributed by atoms with Crippen LogP contribution in [-0.4, -0.2) is 44.5 Å². The molecule has 0 aliphatic heterocycles. The molecular formula is C19H22N2O5S. The molecule has 0 spiro atoms. The van der Waals surface area contributed by atoms with E-state index in [1.54, 1.807) is 24.3 Å². The molecule has 1 N–H and O–H groups in total. The van der Waals surface area contributed by atoms with Crippen LogP contribution >= 0.6 is 0 Å². The van der Waals surface area contributed by atoms with Gasteiger partial charge in [-0.15, -0.1) is 0 Å². The van der Waals surface area contributed by atoms with Crippen LogP contribution in [0.5, 0.6) is 0 Å². The Labute approximate surface area is 159 Å². The van der Waals surface area contributed by atoms with Gasteiger partial charge in [0, 0.05) is 19.5 Å². The number of para-hydroxylation sites is 1. The van der Waals surface area contributed by atoms with Gasteiger partial charge in [0.25, 0.3) is 0 Å². The minimum atomic E-state index is -3.48. The van der Waals surface area contributed by atoms with E-state index in [2.05, 4.69) is 10.1 Å². The van der Waals surface area contributed by atoms with Gasteiger partial charge in [-0.25, -0.2) is 13.2 Å². The minimum absolute atomic E-state index is 0.0277. The zero-order valence-corrected chi connectivity index (χ0v) is 16.0. The van der Waals surface area contributed by atoms with Gasteiger partial charge in [-0.05, 0) is 17.7 Å². The van der Waals surface area contributed by atoms with Crippen molar-refractivity contribution in [3.05, 3.63) is 65.7 Å². The van der Waals surface area contributed by atoms with E-state index in [4.69, 9.17) is 0 Å². The summed E-state index contributed by atoms with van der Waals surface area (Å²) in [5, 5.41) is 2.64. The van der Waals surface area contributed by atoms with E-state index >= 15 is 0 Å². The van der Waals surface area contributed by atoms with E-state index in [9.17, 15) is 18.0 Å². The van der Waals surface area contributed by atoms with Gasteiger partial charge in [-0.1, -0.05) is 42.5 Å². The molecule has 0 atom stereocenters. The Morgan fingerprint density at radius 1 is 1.04 bits per heavy atom. The number of sulfonamides is 1. The first-order valence-electron chi connectivity index (χ1n) is 8.27. The average molecular weight is 390 g/mol. The van der Waals surface area contributed by atoms with Gasteiger partial charge in [0.05, 0.1) is 24.6 Å². The summed E-state index contributed by atoms with van der Waals surface area (Å²) in [6, 6.07) is 15.6. The molecule has 0 heterocycles. The topological polar surface area (TPSA) is 92.8 Å². The van der Waals surface area contributed by atoms with Gasteiger partial charge in [0.1, 0.15) is 0 Å². The number of carbonyl (C=O) groups is 2. The van der Waals surface area contributed by atoms with E-state index in [0.29, 0.717) is 5.69 Å². The normalized spacial score (nSPS) is 11.2. The minimum Gasteiger partial charge on any atom is -0.465 e. The maximum atomic E-state index is 12.3. The maximum absolute atomic E-state index is 12.3. The Hall–Kier alpha value is -2.71. The molecule has 144 valence electrons. The summed E-state index contributed by atoms with van der Waals surface area (Å²) >= 11 is 0. The molecule has 0 radical (unpaired) electrons. The first kappa shape index (κ1) is 20.6. The predicted molar refractivity (Wildman–Crippen MR) is 103 cm³/mol. The number of benzene rings is 2. The van der Waals surface area contributed by atoms with E-state index in [-0.39, 0.29) is 25.1 Å². The second kappa shape index (κ2) is 9.29. The van der Waals surface area contributed by atoms with Crippen molar-refractivity contribution in [1.82, 2.24) is 4.31 Å². The number of carbonyl (C=O) groups excluding carboxylic acids is 2. The molecule has 0 aliphatic rings. The number of methoxy groups -OCH3 is 1. The molecule has 0 bridgehead atoms. The van der Waals surface area contributed by atoms with Crippen LogP contribution in [0.4, 0.5) is 5.69 Å². The van der Waals surface area contributed by atoms with E-state index in [1.165, 1.54) is 11.4 Å². The highest BCUT2D eigenvalue weighted by Gasteiger charge is 2.19. The molecule has 2 aromatic rings. The van der Waals surface area contributed by atoms with Crippen molar-refractivity contribution in [2.24, 2.45) is 0 Å². The molecule has 0 aliphatic carbocycles. The molecule has 7 nitrogen and oxygen atoms in total.